The Kier molecular flexibility index (Phi) is 6.41. The fourth-order valence-corrected chi connectivity index (χ4v) is 5.56. The van der Waals surface area contributed by atoms with E-state index in [1.54, 1.807) is 32.1 Å². The molecule has 1 aliphatic heterocycles. The van der Waals surface area contributed by atoms with E-state index in [1.807, 2.05) is 43.3 Å². The van der Waals surface area contributed by atoms with Gasteiger partial charge in [0.05, 0.1) is 33.9 Å². The molecular formula is C28H23N3O6S. The van der Waals surface area contributed by atoms with E-state index in [0.29, 0.717) is 43.3 Å². The van der Waals surface area contributed by atoms with Crippen LogP contribution in [-0.4, -0.2) is 22.6 Å². The van der Waals surface area contributed by atoms with Crippen LogP contribution in [-0.2, 0) is 9.53 Å². The minimum Gasteiger partial charge on any atom is -0.466 e. The molecule has 2 aromatic heterocycles. The van der Waals surface area contributed by atoms with Crippen LogP contribution in [0.1, 0.15) is 35.4 Å². The van der Waals surface area contributed by atoms with Crippen molar-refractivity contribution in [3.05, 3.63) is 118 Å². The SMILES string of the molecule is COC(=O)C1=C(C)N=c2sc(=Cc3ccc(-c4cc(C)c(C)c([N+](=O)[O-])c4)o3)c(=O)n2C1c1ccccc1. The third-order valence-electron chi connectivity index (χ3n) is 6.56. The minimum atomic E-state index is -0.690. The number of hydrogen-bond donors (Lipinski definition) is 0. The molecule has 2 aromatic carbocycles. The van der Waals surface area contributed by atoms with E-state index >= 15 is 0 Å². The van der Waals surface area contributed by atoms with Crippen molar-refractivity contribution in [1.82, 2.24) is 4.57 Å². The number of aromatic nitrogens is 1. The van der Waals surface area contributed by atoms with Crippen molar-refractivity contribution in [2.45, 2.75) is 26.8 Å². The maximum Gasteiger partial charge on any atom is 0.338 e. The molecule has 10 heteroatoms. The van der Waals surface area contributed by atoms with E-state index < -0.39 is 16.9 Å². The van der Waals surface area contributed by atoms with Crippen molar-refractivity contribution >= 4 is 29.1 Å². The number of thiazole rings is 1. The maximum absolute atomic E-state index is 13.6. The van der Waals surface area contributed by atoms with Crippen molar-refractivity contribution in [3.8, 4) is 11.3 Å². The molecule has 3 heterocycles. The van der Waals surface area contributed by atoms with E-state index in [2.05, 4.69) is 4.99 Å². The third kappa shape index (κ3) is 4.28. The van der Waals surface area contributed by atoms with E-state index in [-0.39, 0.29) is 11.2 Å². The number of nitrogens with zero attached hydrogens (tertiary/aromatic N) is 3. The lowest BCUT2D eigenvalue weighted by molar-refractivity contribution is -0.385. The summed E-state index contributed by atoms with van der Waals surface area (Å²) in [7, 11) is 1.30. The molecule has 0 N–H and O–H groups in total. The van der Waals surface area contributed by atoms with Gasteiger partial charge in [-0.15, -0.1) is 0 Å². The fraction of sp³-hybridized carbons (Fsp3) is 0.179. The Hall–Kier alpha value is -4.57. The number of nitro groups is 1. The van der Waals surface area contributed by atoms with Gasteiger partial charge in [0.2, 0.25) is 0 Å². The van der Waals surface area contributed by atoms with Crippen LogP contribution < -0.4 is 14.9 Å². The number of furan rings is 1. The second-order valence-electron chi connectivity index (χ2n) is 8.88. The van der Waals surface area contributed by atoms with Gasteiger partial charge < -0.3 is 9.15 Å². The van der Waals surface area contributed by atoms with Gasteiger partial charge in [0, 0.05) is 23.3 Å². The number of ether oxygens (including phenoxy) is 1. The summed E-state index contributed by atoms with van der Waals surface area (Å²) >= 11 is 1.19. The lowest BCUT2D eigenvalue weighted by Gasteiger charge is -2.24. The predicted molar refractivity (Wildman–Crippen MR) is 142 cm³/mol. The highest BCUT2D eigenvalue weighted by atomic mass is 32.1. The quantitative estimate of drug-likeness (QED) is 0.217. The van der Waals surface area contributed by atoms with Crippen LogP contribution in [0.2, 0.25) is 0 Å². The van der Waals surface area contributed by atoms with Crippen molar-refractivity contribution in [2.24, 2.45) is 4.99 Å². The lowest BCUT2D eigenvalue weighted by Crippen LogP contribution is -2.39. The fourth-order valence-electron chi connectivity index (χ4n) is 4.53. The Morgan fingerprint density at radius 3 is 2.58 bits per heavy atom. The first-order valence-corrected chi connectivity index (χ1v) is 12.5. The number of aryl methyl sites for hydroxylation is 1. The molecule has 38 heavy (non-hydrogen) atoms. The van der Waals surface area contributed by atoms with Gasteiger partial charge in [-0.25, -0.2) is 9.79 Å². The third-order valence-corrected chi connectivity index (χ3v) is 7.55. The second-order valence-corrected chi connectivity index (χ2v) is 9.89. The van der Waals surface area contributed by atoms with Gasteiger partial charge in [-0.05, 0) is 50.1 Å². The average molecular weight is 530 g/mol. The summed E-state index contributed by atoms with van der Waals surface area (Å²) in [6.07, 6.45) is 1.61. The number of hydrogen-bond acceptors (Lipinski definition) is 8. The first-order valence-electron chi connectivity index (χ1n) is 11.7. The first-order chi connectivity index (χ1) is 18.2. The predicted octanol–water partition coefficient (Wildman–Crippen LogP) is 4.19. The molecule has 0 saturated heterocycles. The highest BCUT2D eigenvalue weighted by Crippen LogP contribution is 2.32. The number of fused-ring (bicyclic) bond motifs is 1. The van der Waals surface area contributed by atoms with Crippen molar-refractivity contribution in [2.75, 3.05) is 7.11 Å². The molecule has 0 aliphatic carbocycles. The van der Waals surface area contributed by atoms with Gasteiger partial charge in [-0.3, -0.25) is 19.5 Å². The molecule has 5 rings (SSSR count). The number of methoxy groups -OCH3 is 1. The van der Waals surface area contributed by atoms with Crippen molar-refractivity contribution < 1.29 is 18.9 Å². The van der Waals surface area contributed by atoms with Crippen LogP contribution in [0.5, 0.6) is 0 Å². The van der Waals surface area contributed by atoms with Gasteiger partial charge in [0.1, 0.15) is 11.5 Å². The molecule has 0 saturated carbocycles. The van der Waals surface area contributed by atoms with Gasteiger partial charge in [0.25, 0.3) is 11.2 Å². The van der Waals surface area contributed by atoms with Gasteiger partial charge >= 0.3 is 5.97 Å². The standard InChI is InChI=1S/C28H23N3O6S/c1-15-12-19(13-21(16(15)2)31(34)35)22-11-10-20(37-22)14-23-26(32)30-25(18-8-6-5-7-9-18)24(27(33)36-4)17(3)29-28(30)38-23/h5-14,25H,1-4H3. The molecule has 1 aliphatic rings. The van der Waals surface area contributed by atoms with E-state index in [9.17, 15) is 19.7 Å². The summed E-state index contributed by atoms with van der Waals surface area (Å²) in [5.74, 6) is 0.306. The summed E-state index contributed by atoms with van der Waals surface area (Å²) in [6.45, 7) is 5.24. The zero-order chi connectivity index (χ0) is 27.1. The number of benzene rings is 2. The minimum absolute atomic E-state index is 0.0175. The molecule has 0 bridgehead atoms. The molecule has 4 aromatic rings. The Labute approximate surface area is 220 Å². The van der Waals surface area contributed by atoms with Crippen LogP contribution in [0.3, 0.4) is 0 Å². The first kappa shape index (κ1) is 25.1. The molecule has 192 valence electrons. The number of allylic oxidation sites excluding steroid dienone is 1. The number of carbonyl (C=O) groups is 1. The molecular weight excluding hydrogens is 506 g/mol. The number of rotatable bonds is 5. The molecule has 0 fully saturated rings. The monoisotopic (exact) mass is 529 g/mol. The largest absolute Gasteiger partial charge is 0.466 e. The van der Waals surface area contributed by atoms with Crippen molar-refractivity contribution in [1.29, 1.82) is 0 Å². The second kappa shape index (κ2) is 9.71. The Morgan fingerprint density at radius 2 is 1.89 bits per heavy atom. The zero-order valence-corrected chi connectivity index (χ0v) is 21.9. The molecule has 0 radical (unpaired) electrons. The Bertz CT molecular complexity index is 1810. The lowest BCUT2D eigenvalue weighted by atomic mass is 9.96. The van der Waals surface area contributed by atoms with Crippen LogP contribution in [0.15, 0.2) is 80.1 Å². The summed E-state index contributed by atoms with van der Waals surface area (Å²) in [5, 5.41) is 11.5. The average Bonchev–Trinajstić information content (AvgIpc) is 3.49. The summed E-state index contributed by atoms with van der Waals surface area (Å²) < 4.78 is 12.9. The summed E-state index contributed by atoms with van der Waals surface area (Å²) in [4.78, 5) is 42.4. The Morgan fingerprint density at radius 1 is 1.16 bits per heavy atom. The number of carbonyl (C=O) groups excluding carboxylic acids is 1. The number of nitro benzene ring substituents is 1. The molecule has 1 unspecified atom stereocenters. The van der Waals surface area contributed by atoms with E-state index in [0.717, 1.165) is 11.1 Å². The van der Waals surface area contributed by atoms with Crippen LogP contribution >= 0.6 is 11.3 Å². The smallest absolute Gasteiger partial charge is 0.338 e. The number of esters is 1. The molecule has 0 spiro atoms. The molecule has 1 atom stereocenters. The van der Waals surface area contributed by atoms with E-state index in [1.165, 1.54) is 29.1 Å². The zero-order valence-electron chi connectivity index (χ0n) is 21.1. The van der Waals surface area contributed by atoms with Gasteiger partial charge in [-0.1, -0.05) is 41.7 Å². The topological polar surface area (TPSA) is 117 Å². The van der Waals surface area contributed by atoms with Crippen LogP contribution in [0.25, 0.3) is 17.4 Å². The van der Waals surface area contributed by atoms with Crippen LogP contribution in [0, 0.1) is 24.0 Å². The van der Waals surface area contributed by atoms with E-state index in [4.69, 9.17) is 9.15 Å². The normalized spacial score (nSPS) is 15.3. The van der Waals surface area contributed by atoms with Gasteiger partial charge in [-0.2, -0.15) is 0 Å². The molecule has 0 amide bonds. The summed E-state index contributed by atoms with van der Waals surface area (Å²) in [5.41, 5.74) is 3.18. The summed E-state index contributed by atoms with van der Waals surface area (Å²) in [6, 6.07) is 15.3. The van der Waals surface area contributed by atoms with Crippen LogP contribution in [0.4, 0.5) is 5.69 Å². The highest BCUT2D eigenvalue weighted by molar-refractivity contribution is 7.07. The van der Waals surface area contributed by atoms with Gasteiger partial charge in [0.15, 0.2) is 4.80 Å². The van der Waals surface area contributed by atoms with Crippen molar-refractivity contribution in [3.63, 3.8) is 0 Å². The molecule has 9 nitrogen and oxygen atoms in total. The Balaban J connectivity index is 1.62. The highest BCUT2D eigenvalue weighted by Gasteiger charge is 2.33. The maximum atomic E-state index is 13.6.